The van der Waals surface area contributed by atoms with E-state index in [1.165, 1.54) is 0 Å². The number of hydrogen-bond acceptors (Lipinski definition) is 2. The molecule has 2 nitrogen and oxygen atoms in total. The third-order valence-electron chi connectivity index (χ3n) is 4.05. The lowest BCUT2D eigenvalue weighted by molar-refractivity contribution is 0.635. The monoisotopic (exact) mass is 471 g/mol. The van der Waals surface area contributed by atoms with E-state index < -0.39 is 11.0 Å². The zero-order valence-electron chi connectivity index (χ0n) is 15.7. The summed E-state index contributed by atoms with van der Waals surface area (Å²) in [7, 11) is -1.14. The summed E-state index contributed by atoms with van der Waals surface area (Å²) in [5, 5.41) is 1.88. The van der Waals surface area contributed by atoms with Gasteiger partial charge in [0.15, 0.2) is 0 Å². The zero-order chi connectivity index (χ0) is 20.5. The van der Waals surface area contributed by atoms with Gasteiger partial charge in [0.2, 0.25) is 0 Å². The van der Waals surface area contributed by atoms with Gasteiger partial charge in [-0.3, -0.25) is 0 Å². The topological polar surface area (TPSA) is 29.1 Å². The van der Waals surface area contributed by atoms with Crippen molar-refractivity contribution in [2.24, 2.45) is 0 Å². The minimum atomic E-state index is -1.14. The largest absolute Gasteiger partial charge is 0.242 e. The maximum absolute atomic E-state index is 12.4. The standard InChI is InChI=1S/C21H20Cl3NOS2/c1-21(2,3)28(26)25-12-16-11-18(13-4-6-14(22)7-5-13)20(27-16)17-9-8-15(23)10-19(17)24/h4-11,25H,12H2,1-3H3. The maximum Gasteiger partial charge on any atom is 0.0973 e. The molecule has 1 N–H and O–H groups in total. The molecule has 0 aliphatic rings. The van der Waals surface area contributed by atoms with Gasteiger partial charge in [0.25, 0.3) is 0 Å². The second kappa shape index (κ2) is 8.86. The highest BCUT2D eigenvalue weighted by Crippen LogP contribution is 2.43. The van der Waals surface area contributed by atoms with Gasteiger partial charge in [-0.05, 0) is 56.7 Å². The van der Waals surface area contributed by atoms with Crippen molar-refractivity contribution in [1.82, 2.24) is 4.72 Å². The van der Waals surface area contributed by atoms with Crippen LogP contribution in [0.1, 0.15) is 25.6 Å². The van der Waals surface area contributed by atoms with Crippen molar-refractivity contribution in [3.63, 3.8) is 0 Å². The number of hydrogen-bond donors (Lipinski definition) is 1. The lowest BCUT2D eigenvalue weighted by atomic mass is 10.0. The fourth-order valence-electron chi connectivity index (χ4n) is 2.60. The molecule has 0 spiro atoms. The van der Waals surface area contributed by atoms with Crippen LogP contribution in [0.25, 0.3) is 21.6 Å². The van der Waals surface area contributed by atoms with Crippen LogP contribution in [-0.2, 0) is 17.5 Å². The van der Waals surface area contributed by atoms with Crippen LogP contribution in [0.4, 0.5) is 0 Å². The molecule has 0 fully saturated rings. The molecule has 148 valence electrons. The van der Waals surface area contributed by atoms with E-state index in [4.69, 9.17) is 34.8 Å². The van der Waals surface area contributed by atoms with Crippen LogP contribution < -0.4 is 4.72 Å². The second-order valence-corrected chi connectivity index (χ2v) is 11.8. The molecular weight excluding hydrogens is 453 g/mol. The van der Waals surface area contributed by atoms with E-state index >= 15 is 0 Å². The molecule has 28 heavy (non-hydrogen) atoms. The van der Waals surface area contributed by atoms with Crippen LogP contribution in [0.3, 0.4) is 0 Å². The summed E-state index contributed by atoms with van der Waals surface area (Å²) in [6, 6.07) is 15.3. The summed E-state index contributed by atoms with van der Waals surface area (Å²) in [6.07, 6.45) is 0. The number of nitrogens with one attached hydrogen (secondary N) is 1. The number of halogens is 3. The van der Waals surface area contributed by atoms with Gasteiger partial charge < -0.3 is 0 Å². The van der Waals surface area contributed by atoms with Crippen LogP contribution >= 0.6 is 46.1 Å². The van der Waals surface area contributed by atoms with E-state index in [0.29, 0.717) is 21.6 Å². The Balaban J connectivity index is 2.02. The highest BCUT2D eigenvalue weighted by Gasteiger charge is 2.20. The average molecular weight is 473 g/mol. The first-order valence-corrected chi connectivity index (χ1v) is 11.7. The van der Waals surface area contributed by atoms with Crippen LogP contribution in [0, 0.1) is 0 Å². The minimum Gasteiger partial charge on any atom is -0.242 e. The molecule has 1 unspecified atom stereocenters. The molecule has 0 aliphatic heterocycles. The Morgan fingerprint density at radius 1 is 0.929 bits per heavy atom. The molecule has 0 aliphatic carbocycles. The van der Waals surface area contributed by atoms with Gasteiger partial charge in [-0.15, -0.1) is 11.3 Å². The number of thiophene rings is 1. The molecule has 2 aromatic carbocycles. The summed E-state index contributed by atoms with van der Waals surface area (Å²) in [6.45, 7) is 6.36. The second-order valence-electron chi connectivity index (χ2n) is 7.29. The van der Waals surface area contributed by atoms with Gasteiger partial charge >= 0.3 is 0 Å². The first-order valence-electron chi connectivity index (χ1n) is 8.64. The van der Waals surface area contributed by atoms with Gasteiger partial charge in [0, 0.05) is 37.5 Å². The van der Waals surface area contributed by atoms with Crippen molar-refractivity contribution < 1.29 is 4.21 Å². The summed E-state index contributed by atoms with van der Waals surface area (Å²) in [5.74, 6) is 0. The van der Waals surface area contributed by atoms with Gasteiger partial charge in [-0.25, -0.2) is 8.93 Å². The quantitative estimate of drug-likeness (QED) is 0.407. The number of benzene rings is 2. The Morgan fingerprint density at radius 3 is 2.18 bits per heavy atom. The van der Waals surface area contributed by atoms with Crippen LogP contribution in [0.2, 0.25) is 15.1 Å². The first kappa shape index (κ1) is 21.8. The lowest BCUT2D eigenvalue weighted by Crippen LogP contribution is -2.32. The number of rotatable bonds is 5. The molecule has 1 atom stereocenters. The molecule has 1 aromatic heterocycles. The molecule has 1 heterocycles. The Hall–Kier alpha value is -0.880. The van der Waals surface area contributed by atoms with Crippen LogP contribution in [0.5, 0.6) is 0 Å². The van der Waals surface area contributed by atoms with Crippen molar-refractivity contribution in [3.05, 3.63) is 68.5 Å². The average Bonchev–Trinajstić information content (AvgIpc) is 3.03. The summed E-state index contributed by atoms with van der Waals surface area (Å²) < 4.78 is 15.2. The highest BCUT2D eigenvalue weighted by molar-refractivity contribution is 7.84. The zero-order valence-corrected chi connectivity index (χ0v) is 19.6. The van der Waals surface area contributed by atoms with Crippen molar-refractivity contribution in [2.45, 2.75) is 32.1 Å². The van der Waals surface area contributed by atoms with Crippen LogP contribution in [0.15, 0.2) is 48.5 Å². The Morgan fingerprint density at radius 2 is 1.57 bits per heavy atom. The van der Waals surface area contributed by atoms with E-state index in [9.17, 15) is 4.21 Å². The van der Waals surface area contributed by atoms with E-state index in [-0.39, 0.29) is 4.75 Å². The highest BCUT2D eigenvalue weighted by atomic mass is 35.5. The molecule has 7 heteroatoms. The molecule has 0 saturated carbocycles. The molecule has 0 saturated heterocycles. The van der Waals surface area contributed by atoms with Gasteiger partial charge in [-0.2, -0.15) is 0 Å². The third kappa shape index (κ3) is 5.18. The maximum atomic E-state index is 12.4. The van der Waals surface area contributed by atoms with Crippen molar-refractivity contribution in [3.8, 4) is 21.6 Å². The van der Waals surface area contributed by atoms with Crippen LogP contribution in [-0.4, -0.2) is 8.96 Å². The van der Waals surface area contributed by atoms with Gasteiger partial charge in [-0.1, -0.05) is 53.0 Å². The Bertz CT molecular complexity index is 1010. The molecule has 0 radical (unpaired) electrons. The van der Waals surface area contributed by atoms with Crippen molar-refractivity contribution >= 4 is 57.1 Å². The Labute approximate surface area is 187 Å². The molecule has 3 rings (SSSR count). The predicted molar refractivity (Wildman–Crippen MR) is 125 cm³/mol. The lowest BCUT2D eigenvalue weighted by Gasteiger charge is -2.17. The predicted octanol–water partition coefficient (Wildman–Crippen LogP) is 7.59. The summed E-state index contributed by atoms with van der Waals surface area (Å²) >= 11 is 20.2. The first-order chi connectivity index (χ1) is 13.1. The molecule has 0 amide bonds. The molecule has 0 bridgehead atoms. The van der Waals surface area contributed by atoms with E-state index in [1.54, 1.807) is 17.4 Å². The fourth-order valence-corrected chi connectivity index (χ4v) is 5.25. The van der Waals surface area contributed by atoms with E-state index in [1.807, 2.05) is 57.2 Å². The van der Waals surface area contributed by atoms with Gasteiger partial charge in [0.1, 0.15) is 0 Å². The Kier molecular flexibility index (Phi) is 6.91. The molecule has 3 aromatic rings. The van der Waals surface area contributed by atoms with Crippen molar-refractivity contribution in [2.75, 3.05) is 0 Å². The molecular formula is C21H20Cl3NOS2. The minimum absolute atomic E-state index is 0.321. The fraction of sp³-hybridized carbons (Fsp3) is 0.238. The summed E-state index contributed by atoms with van der Waals surface area (Å²) in [5.41, 5.74) is 3.03. The normalized spacial score (nSPS) is 12.9. The SMILES string of the molecule is CC(C)(C)S(=O)NCc1cc(-c2ccc(Cl)cc2)c(-c2ccc(Cl)cc2Cl)s1. The van der Waals surface area contributed by atoms with E-state index in [0.717, 1.165) is 26.4 Å². The summed E-state index contributed by atoms with van der Waals surface area (Å²) in [4.78, 5) is 2.12. The third-order valence-corrected chi connectivity index (χ3v) is 7.53. The van der Waals surface area contributed by atoms with Gasteiger partial charge in [0.05, 0.1) is 20.8 Å². The van der Waals surface area contributed by atoms with E-state index in [2.05, 4.69) is 10.8 Å². The van der Waals surface area contributed by atoms with Crippen molar-refractivity contribution in [1.29, 1.82) is 0 Å². The smallest absolute Gasteiger partial charge is 0.0973 e.